The van der Waals surface area contributed by atoms with Crippen LogP contribution < -0.4 is 0 Å². The summed E-state index contributed by atoms with van der Waals surface area (Å²) >= 11 is 1.30. The van der Waals surface area contributed by atoms with Crippen molar-refractivity contribution in [3.63, 3.8) is 0 Å². The summed E-state index contributed by atoms with van der Waals surface area (Å²) in [5.74, 6) is -0.904. The number of carbonyl (C=O) groups excluding carboxylic acids is 1. The van der Waals surface area contributed by atoms with Crippen LogP contribution >= 0.6 is 11.8 Å². The molecule has 0 unspecified atom stereocenters. The first-order chi connectivity index (χ1) is 11.1. The minimum Gasteiger partial charge on any atom is -0.480 e. The Bertz CT molecular complexity index is 389. The van der Waals surface area contributed by atoms with Gasteiger partial charge in [-0.3, -0.25) is 4.79 Å². The summed E-state index contributed by atoms with van der Waals surface area (Å²) < 4.78 is 0. The summed E-state index contributed by atoms with van der Waals surface area (Å²) in [6.07, 6.45) is 1.05. The number of carboxylic acids is 1. The van der Waals surface area contributed by atoms with Gasteiger partial charge in [0.25, 0.3) is 0 Å². The number of nitrogens with zero attached hydrogens (tertiary/aromatic N) is 1. The molecule has 24 heavy (non-hydrogen) atoms. The van der Waals surface area contributed by atoms with E-state index in [1.807, 2.05) is 20.8 Å². The van der Waals surface area contributed by atoms with Gasteiger partial charge in [0, 0.05) is 24.5 Å². The van der Waals surface area contributed by atoms with Crippen LogP contribution in [0.4, 0.5) is 0 Å². The molecule has 6 nitrogen and oxygen atoms in total. The van der Waals surface area contributed by atoms with Crippen LogP contribution in [0.1, 0.15) is 53.4 Å². The number of hydrogen-bond acceptors (Lipinski definition) is 5. The average Bonchev–Trinajstić information content (AvgIpc) is 2.44. The summed E-state index contributed by atoms with van der Waals surface area (Å²) in [5, 5.41) is 29.0. The highest BCUT2D eigenvalue weighted by Gasteiger charge is 2.29. The van der Waals surface area contributed by atoms with Crippen molar-refractivity contribution in [1.82, 2.24) is 4.90 Å². The third kappa shape index (κ3) is 8.89. The summed E-state index contributed by atoms with van der Waals surface area (Å²) in [4.78, 5) is 24.9. The molecule has 0 bridgehead atoms. The second-order valence-corrected chi connectivity index (χ2v) is 8.02. The van der Waals surface area contributed by atoms with Gasteiger partial charge < -0.3 is 20.2 Å². The number of amides is 1. The predicted octanol–water partition coefficient (Wildman–Crippen LogP) is 1.98. The molecule has 0 aliphatic carbocycles. The van der Waals surface area contributed by atoms with Crippen molar-refractivity contribution in [2.75, 3.05) is 12.8 Å². The van der Waals surface area contributed by atoms with Crippen LogP contribution in [-0.2, 0) is 9.59 Å². The van der Waals surface area contributed by atoms with Crippen LogP contribution in [0.15, 0.2) is 0 Å². The first-order valence-electron chi connectivity index (χ1n) is 8.56. The average molecular weight is 364 g/mol. The van der Waals surface area contributed by atoms with E-state index in [1.165, 1.54) is 23.7 Å². The fourth-order valence-corrected chi connectivity index (χ4v) is 3.79. The minimum absolute atomic E-state index is 0.163. The molecule has 0 aliphatic heterocycles. The van der Waals surface area contributed by atoms with Crippen molar-refractivity contribution in [3.8, 4) is 0 Å². The van der Waals surface area contributed by atoms with Gasteiger partial charge in [0.05, 0.1) is 12.2 Å². The molecule has 0 aromatic rings. The standard InChI is InChI=1S/C17H33NO5S/c1-6-7-13(20)9-15(12(4)19)24-10-14(17(22)23)18(5)16(21)8-11(2)3/h11-15,19-20H,6-10H2,1-5H3,(H,22,23)/t12-,13+,14-,15-/m0/s1. The summed E-state index contributed by atoms with van der Waals surface area (Å²) in [6.45, 7) is 7.44. The second kappa shape index (κ2) is 11.7. The highest BCUT2D eigenvalue weighted by Crippen LogP contribution is 2.24. The Labute approximate surface area is 149 Å². The fraction of sp³-hybridized carbons (Fsp3) is 0.882. The molecule has 0 aromatic heterocycles. The molecule has 142 valence electrons. The maximum Gasteiger partial charge on any atom is 0.327 e. The van der Waals surface area contributed by atoms with E-state index in [1.54, 1.807) is 6.92 Å². The lowest BCUT2D eigenvalue weighted by molar-refractivity contribution is -0.148. The monoisotopic (exact) mass is 363 g/mol. The van der Waals surface area contributed by atoms with Gasteiger partial charge in [0.2, 0.25) is 5.91 Å². The number of aliphatic hydroxyl groups is 2. The normalized spacial score (nSPS) is 16.5. The van der Waals surface area contributed by atoms with Gasteiger partial charge in [-0.25, -0.2) is 4.79 Å². The molecule has 3 N–H and O–H groups in total. The lowest BCUT2D eigenvalue weighted by Crippen LogP contribution is -2.45. The molecule has 1 amide bonds. The molecule has 0 rings (SSSR count). The number of carbonyl (C=O) groups is 2. The lowest BCUT2D eigenvalue weighted by Gasteiger charge is -2.28. The van der Waals surface area contributed by atoms with Crippen LogP contribution in [0.2, 0.25) is 0 Å². The fourth-order valence-electron chi connectivity index (χ4n) is 2.35. The zero-order valence-corrected chi connectivity index (χ0v) is 16.3. The minimum atomic E-state index is -1.06. The molecule has 0 saturated heterocycles. The quantitative estimate of drug-likeness (QED) is 0.490. The molecule has 4 atom stereocenters. The molecule has 0 aromatic carbocycles. The first-order valence-corrected chi connectivity index (χ1v) is 9.61. The molecular weight excluding hydrogens is 330 g/mol. The van der Waals surface area contributed by atoms with Crippen LogP contribution in [0.5, 0.6) is 0 Å². The first kappa shape index (κ1) is 23.2. The maximum absolute atomic E-state index is 12.1. The van der Waals surface area contributed by atoms with E-state index in [9.17, 15) is 24.9 Å². The summed E-state index contributed by atoms with van der Waals surface area (Å²) in [5.41, 5.74) is 0. The third-order valence-corrected chi connectivity index (χ3v) is 5.38. The highest BCUT2D eigenvalue weighted by atomic mass is 32.2. The van der Waals surface area contributed by atoms with Gasteiger partial charge in [-0.2, -0.15) is 11.8 Å². The van der Waals surface area contributed by atoms with E-state index in [-0.39, 0.29) is 22.8 Å². The summed E-state index contributed by atoms with van der Waals surface area (Å²) in [7, 11) is 1.51. The molecule has 0 aliphatic rings. The van der Waals surface area contributed by atoms with Gasteiger partial charge in [0.15, 0.2) is 0 Å². The molecule has 7 heteroatoms. The van der Waals surface area contributed by atoms with Crippen molar-refractivity contribution >= 4 is 23.6 Å². The molecule has 0 spiro atoms. The smallest absolute Gasteiger partial charge is 0.327 e. The van der Waals surface area contributed by atoms with E-state index in [0.29, 0.717) is 19.3 Å². The number of thioether (sulfide) groups is 1. The Kier molecular flexibility index (Phi) is 11.3. The molecule has 0 fully saturated rings. The van der Waals surface area contributed by atoms with E-state index in [2.05, 4.69) is 0 Å². The number of likely N-dealkylation sites (N-methyl/N-ethyl adjacent to an activating group) is 1. The van der Waals surface area contributed by atoms with Crippen molar-refractivity contribution in [1.29, 1.82) is 0 Å². The Hall–Kier alpha value is -0.790. The zero-order valence-electron chi connectivity index (χ0n) is 15.4. The van der Waals surface area contributed by atoms with E-state index in [0.717, 1.165) is 6.42 Å². The number of aliphatic carboxylic acids is 1. The van der Waals surface area contributed by atoms with Gasteiger partial charge in [0.1, 0.15) is 6.04 Å². The van der Waals surface area contributed by atoms with E-state index in [4.69, 9.17) is 0 Å². The van der Waals surface area contributed by atoms with Gasteiger partial charge in [-0.15, -0.1) is 0 Å². The summed E-state index contributed by atoms with van der Waals surface area (Å²) in [6, 6.07) is -0.939. The number of rotatable bonds is 12. The van der Waals surface area contributed by atoms with Crippen LogP contribution in [0.3, 0.4) is 0 Å². The predicted molar refractivity (Wildman–Crippen MR) is 97.1 cm³/mol. The third-order valence-electron chi connectivity index (χ3n) is 3.86. The Morgan fingerprint density at radius 2 is 1.75 bits per heavy atom. The van der Waals surface area contributed by atoms with E-state index >= 15 is 0 Å². The molecule has 0 heterocycles. The molecule has 0 saturated carbocycles. The van der Waals surface area contributed by atoms with Crippen molar-refractivity contribution < 1.29 is 24.9 Å². The number of aliphatic hydroxyl groups excluding tert-OH is 2. The van der Waals surface area contributed by atoms with Crippen molar-refractivity contribution in [3.05, 3.63) is 0 Å². The molecular formula is C17H33NO5S. The van der Waals surface area contributed by atoms with Gasteiger partial charge in [-0.05, 0) is 25.7 Å². The largest absolute Gasteiger partial charge is 0.480 e. The van der Waals surface area contributed by atoms with Crippen molar-refractivity contribution in [2.45, 2.75) is 76.9 Å². The van der Waals surface area contributed by atoms with Crippen LogP contribution in [0, 0.1) is 5.92 Å². The van der Waals surface area contributed by atoms with Crippen LogP contribution in [-0.4, -0.2) is 68.4 Å². The second-order valence-electron chi connectivity index (χ2n) is 6.75. The SMILES string of the molecule is CCC[C@@H](O)C[C@H](SC[C@@H](C(=O)O)N(C)C(=O)CC(C)C)[C@H](C)O. The highest BCUT2D eigenvalue weighted by molar-refractivity contribution is 8.00. The van der Waals surface area contributed by atoms with Gasteiger partial charge >= 0.3 is 5.97 Å². The van der Waals surface area contributed by atoms with Crippen molar-refractivity contribution in [2.24, 2.45) is 5.92 Å². The van der Waals surface area contributed by atoms with Gasteiger partial charge in [-0.1, -0.05) is 27.2 Å². The Morgan fingerprint density at radius 3 is 2.17 bits per heavy atom. The molecule has 0 radical (unpaired) electrons. The number of hydrogen-bond donors (Lipinski definition) is 3. The maximum atomic E-state index is 12.1. The zero-order chi connectivity index (χ0) is 18.9. The van der Waals surface area contributed by atoms with E-state index < -0.39 is 24.2 Å². The Morgan fingerprint density at radius 1 is 1.17 bits per heavy atom. The topological polar surface area (TPSA) is 98.1 Å². The number of carboxylic acid groups (broad SMARTS) is 1. The lowest BCUT2D eigenvalue weighted by atomic mass is 10.1. The Balaban J connectivity index is 4.79. The van der Waals surface area contributed by atoms with Crippen LogP contribution in [0.25, 0.3) is 0 Å².